The standard InChI is InChI=1S/C15H17FN2O4S2/c16-10-5-7-11(8-6-10)24(21,22)17-12-3-1-2-4-13(12)18-14(19)9-23-15(18)20/h5-8,12-13,17H,1-4,9H2/t12-,13-/m0/s1. The number of benzene rings is 1. The number of rotatable bonds is 4. The van der Waals surface area contributed by atoms with Crippen LogP contribution in [0.25, 0.3) is 0 Å². The highest BCUT2D eigenvalue weighted by Crippen LogP contribution is 2.30. The molecule has 2 atom stereocenters. The highest BCUT2D eigenvalue weighted by atomic mass is 32.2. The number of hydrogen-bond donors (Lipinski definition) is 1. The van der Waals surface area contributed by atoms with Gasteiger partial charge >= 0.3 is 0 Å². The second-order valence-corrected chi connectivity index (χ2v) is 8.49. The summed E-state index contributed by atoms with van der Waals surface area (Å²) in [6, 6.07) is 3.55. The zero-order valence-corrected chi connectivity index (χ0v) is 14.4. The van der Waals surface area contributed by atoms with Gasteiger partial charge in [0.05, 0.1) is 16.7 Å². The monoisotopic (exact) mass is 372 g/mol. The van der Waals surface area contributed by atoms with E-state index in [2.05, 4.69) is 4.72 Å². The van der Waals surface area contributed by atoms with E-state index in [9.17, 15) is 22.4 Å². The van der Waals surface area contributed by atoms with E-state index in [0.717, 1.165) is 36.7 Å². The van der Waals surface area contributed by atoms with Crippen LogP contribution >= 0.6 is 11.8 Å². The van der Waals surface area contributed by atoms with Gasteiger partial charge in [0.15, 0.2) is 0 Å². The van der Waals surface area contributed by atoms with Gasteiger partial charge in [-0.2, -0.15) is 0 Å². The van der Waals surface area contributed by atoms with Gasteiger partial charge in [-0.15, -0.1) is 0 Å². The van der Waals surface area contributed by atoms with E-state index in [0.29, 0.717) is 12.8 Å². The van der Waals surface area contributed by atoms with Crippen molar-refractivity contribution >= 4 is 32.9 Å². The molecule has 0 bridgehead atoms. The number of nitrogens with zero attached hydrogens (tertiary/aromatic N) is 1. The predicted molar refractivity (Wildman–Crippen MR) is 87.5 cm³/mol. The van der Waals surface area contributed by atoms with Gasteiger partial charge in [0.1, 0.15) is 5.82 Å². The van der Waals surface area contributed by atoms with Crippen LogP contribution in [0.4, 0.5) is 9.18 Å². The number of imide groups is 1. The molecule has 0 radical (unpaired) electrons. The van der Waals surface area contributed by atoms with Crippen molar-refractivity contribution in [1.82, 2.24) is 9.62 Å². The number of sulfonamides is 1. The molecule has 1 aliphatic carbocycles. The van der Waals surface area contributed by atoms with Crippen LogP contribution in [0.3, 0.4) is 0 Å². The summed E-state index contributed by atoms with van der Waals surface area (Å²) in [5, 5.41) is -0.321. The lowest BCUT2D eigenvalue weighted by atomic mass is 9.90. The van der Waals surface area contributed by atoms with Crippen LogP contribution in [0, 0.1) is 5.82 Å². The number of thioether (sulfide) groups is 1. The third kappa shape index (κ3) is 3.47. The van der Waals surface area contributed by atoms with Crippen LogP contribution < -0.4 is 4.72 Å². The Hall–Kier alpha value is -1.45. The number of carbonyl (C=O) groups excluding carboxylic acids is 2. The van der Waals surface area contributed by atoms with Gasteiger partial charge in [0.25, 0.3) is 5.24 Å². The van der Waals surface area contributed by atoms with E-state index < -0.39 is 27.9 Å². The fourth-order valence-electron chi connectivity index (χ4n) is 3.12. The lowest BCUT2D eigenvalue weighted by Gasteiger charge is -2.36. The minimum Gasteiger partial charge on any atom is -0.273 e. The van der Waals surface area contributed by atoms with E-state index >= 15 is 0 Å². The first kappa shape index (κ1) is 17.4. The minimum atomic E-state index is -3.85. The van der Waals surface area contributed by atoms with Gasteiger partial charge in [-0.3, -0.25) is 14.5 Å². The number of carbonyl (C=O) groups is 2. The summed E-state index contributed by atoms with van der Waals surface area (Å²) in [6.07, 6.45) is 2.78. The van der Waals surface area contributed by atoms with Gasteiger partial charge in [-0.25, -0.2) is 17.5 Å². The molecule has 1 aromatic carbocycles. The summed E-state index contributed by atoms with van der Waals surface area (Å²) >= 11 is 0.944. The topological polar surface area (TPSA) is 83.6 Å². The fraction of sp³-hybridized carbons (Fsp3) is 0.467. The number of amides is 2. The van der Waals surface area contributed by atoms with E-state index in [4.69, 9.17) is 0 Å². The van der Waals surface area contributed by atoms with Crippen molar-refractivity contribution < 1.29 is 22.4 Å². The quantitative estimate of drug-likeness (QED) is 0.875. The van der Waals surface area contributed by atoms with Gasteiger partial charge in [-0.1, -0.05) is 24.6 Å². The molecule has 0 unspecified atom stereocenters. The van der Waals surface area contributed by atoms with Crippen LogP contribution in [0.2, 0.25) is 0 Å². The molecule has 3 rings (SSSR count). The Labute approximate surface area is 143 Å². The first-order valence-electron chi connectivity index (χ1n) is 7.65. The molecule has 2 aliphatic rings. The third-order valence-corrected chi connectivity index (χ3v) is 6.62. The fourth-order valence-corrected chi connectivity index (χ4v) is 5.19. The van der Waals surface area contributed by atoms with Crippen molar-refractivity contribution in [2.24, 2.45) is 0 Å². The average molecular weight is 372 g/mol. The number of halogens is 1. The van der Waals surface area contributed by atoms with Crippen LogP contribution in [0.5, 0.6) is 0 Å². The molecule has 1 saturated heterocycles. The molecule has 1 aromatic rings. The summed E-state index contributed by atoms with van der Waals surface area (Å²) in [5.74, 6) is -0.690. The molecule has 1 aliphatic heterocycles. The Bertz CT molecular complexity index is 735. The summed E-state index contributed by atoms with van der Waals surface area (Å²) in [4.78, 5) is 25.1. The molecule has 1 N–H and O–H groups in total. The van der Waals surface area contributed by atoms with Crippen molar-refractivity contribution in [1.29, 1.82) is 0 Å². The zero-order valence-electron chi connectivity index (χ0n) is 12.8. The van der Waals surface area contributed by atoms with Crippen molar-refractivity contribution in [3.63, 3.8) is 0 Å². The molecule has 1 saturated carbocycles. The maximum Gasteiger partial charge on any atom is 0.289 e. The van der Waals surface area contributed by atoms with Gasteiger partial charge in [0.2, 0.25) is 15.9 Å². The van der Waals surface area contributed by atoms with Gasteiger partial charge in [0, 0.05) is 6.04 Å². The molecule has 24 heavy (non-hydrogen) atoms. The van der Waals surface area contributed by atoms with Crippen molar-refractivity contribution in [3.05, 3.63) is 30.1 Å². The van der Waals surface area contributed by atoms with Crippen LogP contribution in [0.15, 0.2) is 29.2 Å². The van der Waals surface area contributed by atoms with Gasteiger partial charge in [-0.05, 0) is 37.1 Å². The molecule has 0 spiro atoms. The first-order valence-corrected chi connectivity index (χ1v) is 10.1. The number of nitrogens with one attached hydrogen (secondary N) is 1. The SMILES string of the molecule is O=C1CSC(=O)N1[C@H]1CCCC[C@@H]1NS(=O)(=O)c1ccc(F)cc1. The Morgan fingerprint density at radius 3 is 2.42 bits per heavy atom. The molecule has 2 amide bonds. The Morgan fingerprint density at radius 2 is 1.79 bits per heavy atom. The highest BCUT2D eigenvalue weighted by molar-refractivity contribution is 8.14. The summed E-state index contributed by atoms with van der Waals surface area (Å²) < 4.78 is 40.6. The molecular formula is C15H17FN2O4S2. The van der Waals surface area contributed by atoms with Crippen molar-refractivity contribution in [2.45, 2.75) is 42.7 Å². The molecule has 6 nitrogen and oxygen atoms in total. The maximum atomic E-state index is 13.0. The summed E-state index contributed by atoms with van der Waals surface area (Å²) in [5.41, 5.74) is 0. The Morgan fingerprint density at radius 1 is 1.12 bits per heavy atom. The van der Waals surface area contributed by atoms with Crippen LogP contribution in [0.1, 0.15) is 25.7 Å². The second-order valence-electron chi connectivity index (χ2n) is 5.85. The molecule has 2 fully saturated rings. The third-order valence-electron chi connectivity index (χ3n) is 4.28. The number of hydrogen-bond acceptors (Lipinski definition) is 5. The maximum absolute atomic E-state index is 13.0. The van der Waals surface area contributed by atoms with E-state index in [-0.39, 0.29) is 21.8 Å². The largest absolute Gasteiger partial charge is 0.289 e. The van der Waals surface area contributed by atoms with Crippen LogP contribution in [-0.4, -0.2) is 42.3 Å². The lowest BCUT2D eigenvalue weighted by molar-refractivity contribution is -0.127. The van der Waals surface area contributed by atoms with E-state index in [1.807, 2.05) is 0 Å². The molecule has 0 aromatic heterocycles. The molecular weight excluding hydrogens is 355 g/mol. The predicted octanol–water partition coefficient (Wildman–Crippen LogP) is 2.11. The molecule has 130 valence electrons. The van der Waals surface area contributed by atoms with E-state index in [1.54, 1.807) is 0 Å². The first-order chi connectivity index (χ1) is 11.4. The van der Waals surface area contributed by atoms with E-state index in [1.165, 1.54) is 17.0 Å². The smallest absolute Gasteiger partial charge is 0.273 e. The molecule has 1 heterocycles. The summed E-state index contributed by atoms with van der Waals surface area (Å²) in [6.45, 7) is 0. The lowest BCUT2D eigenvalue weighted by Crippen LogP contribution is -2.54. The highest BCUT2D eigenvalue weighted by Gasteiger charge is 2.41. The van der Waals surface area contributed by atoms with Crippen molar-refractivity contribution in [3.8, 4) is 0 Å². The Kier molecular flexibility index (Phi) is 4.93. The molecule has 9 heteroatoms. The van der Waals surface area contributed by atoms with Crippen molar-refractivity contribution in [2.75, 3.05) is 5.75 Å². The Balaban J connectivity index is 1.82. The average Bonchev–Trinajstić information content (AvgIpc) is 2.87. The van der Waals surface area contributed by atoms with Crippen LogP contribution in [-0.2, 0) is 14.8 Å². The summed E-state index contributed by atoms with van der Waals surface area (Å²) in [7, 11) is -3.85. The van der Waals surface area contributed by atoms with Gasteiger partial charge < -0.3 is 0 Å². The zero-order chi connectivity index (χ0) is 17.3. The normalized spacial score (nSPS) is 25.3. The second kappa shape index (κ2) is 6.81. The minimum absolute atomic E-state index is 0.0401.